The summed E-state index contributed by atoms with van der Waals surface area (Å²) >= 11 is 0. The first-order valence-corrected chi connectivity index (χ1v) is 6.89. The van der Waals surface area contributed by atoms with Gasteiger partial charge in [0.25, 0.3) is 0 Å². The average Bonchev–Trinajstić information content (AvgIpc) is 2.43. The largest absolute Gasteiger partial charge is 0.371 e. The molecule has 1 aromatic carbocycles. The van der Waals surface area contributed by atoms with Crippen LogP contribution in [0.3, 0.4) is 0 Å². The van der Waals surface area contributed by atoms with Crippen LogP contribution in [-0.4, -0.2) is 32.2 Å². The topological polar surface area (TPSA) is 50.4 Å². The Kier molecular flexibility index (Phi) is 5.36. The molecular weight excluding hydrogens is 240 g/mol. The molecule has 1 aliphatic heterocycles. The molecule has 0 saturated carbocycles. The van der Waals surface area contributed by atoms with E-state index in [9.17, 15) is 4.79 Å². The van der Waals surface area contributed by atoms with E-state index in [-0.39, 0.29) is 12.5 Å². The van der Waals surface area contributed by atoms with Crippen molar-refractivity contribution in [1.29, 1.82) is 0 Å². The van der Waals surface area contributed by atoms with E-state index in [1.54, 1.807) is 0 Å². The van der Waals surface area contributed by atoms with E-state index in [1.807, 2.05) is 31.2 Å². The summed E-state index contributed by atoms with van der Waals surface area (Å²) in [6, 6.07) is 7.75. The van der Waals surface area contributed by atoms with E-state index < -0.39 is 0 Å². The summed E-state index contributed by atoms with van der Waals surface area (Å²) in [6.45, 7) is 4.91. The Labute approximate surface area is 114 Å². The third-order valence-corrected chi connectivity index (χ3v) is 3.32. The van der Waals surface area contributed by atoms with E-state index in [0.717, 1.165) is 18.8 Å². The number of nitrogens with one attached hydrogen (secondary N) is 2. The maximum atomic E-state index is 11.7. The first kappa shape index (κ1) is 14.0. The summed E-state index contributed by atoms with van der Waals surface area (Å²) in [7, 11) is 0. The minimum atomic E-state index is -0.0902. The van der Waals surface area contributed by atoms with E-state index in [2.05, 4.69) is 10.6 Å². The Morgan fingerprint density at radius 2 is 2.21 bits per heavy atom. The van der Waals surface area contributed by atoms with E-state index in [4.69, 9.17) is 4.74 Å². The van der Waals surface area contributed by atoms with Crippen molar-refractivity contribution in [2.24, 2.45) is 5.92 Å². The Balaban J connectivity index is 1.65. The minimum Gasteiger partial charge on any atom is -0.371 e. The maximum absolute atomic E-state index is 11.7. The van der Waals surface area contributed by atoms with Gasteiger partial charge >= 0.3 is 0 Å². The predicted molar refractivity (Wildman–Crippen MR) is 76.2 cm³/mol. The number of carbonyl (C=O) groups excluding carboxylic acids is 1. The molecule has 1 aliphatic rings. The van der Waals surface area contributed by atoms with Crippen LogP contribution in [0.5, 0.6) is 0 Å². The second-order valence-electron chi connectivity index (χ2n) is 5.14. The number of carbonyl (C=O) groups is 1. The molecule has 0 aromatic heterocycles. The van der Waals surface area contributed by atoms with E-state index >= 15 is 0 Å². The molecule has 104 valence electrons. The number of hydrogen-bond donors (Lipinski definition) is 2. The molecule has 4 heteroatoms. The zero-order valence-corrected chi connectivity index (χ0v) is 11.4. The van der Waals surface area contributed by atoms with Crippen molar-refractivity contribution in [3.05, 3.63) is 29.8 Å². The molecule has 4 nitrogen and oxygen atoms in total. The van der Waals surface area contributed by atoms with Gasteiger partial charge in [-0.2, -0.15) is 0 Å². The van der Waals surface area contributed by atoms with Gasteiger partial charge in [-0.05, 0) is 44.4 Å². The molecule has 1 heterocycles. The maximum Gasteiger partial charge on any atom is 0.250 e. The van der Waals surface area contributed by atoms with Gasteiger partial charge in [0.05, 0.1) is 6.61 Å². The fourth-order valence-corrected chi connectivity index (χ4v) is 2.22. The van der Waals surface area contributed by atoms with E-state index in [0.29, 0.717) is 12.5 Å². The zero-order chi connectivity index (χ0) is 13.5. The molecule has 1 fully saturated rings. The quantitative estimate of drug-likeness (QED) is 0.852. The molecule has 0 spiro atoms. The number of piperidine rings is 1. The number of benzene rings is 1. The number of anilines is 1. The Bertz CT molecular complexity index is 397. The second kappa shape index (κ2) is 7.26. The highest BCUT2D eigenvalue weighted by molar-refractivity contribution is 5.91. The Morgan fingerprint density at radius 1 is 1.42 bits per heavy atom. The van der Waals surface area contributed by atoms with Crippen LogP contribution in [-0.2, 0) is 9.53 Å². The van der Waals surface area contributed by atoms with Gasteiger partial charge in [0.1, 0.15) is 6.61 Å². The lowest BCUT2D eigenvalue weighted by Crippen LogP contribution is -2.33. The van der Waals surface area contributed by atoms with Gasteiger partial charge in [0.2, 0.25) is 5.91 Å². The standard InChI is InChI=1S/C15H22N2O2/c1-12-4-6-14(7-5-12)17-15(18)11-19-10-13-3-2-8-16-9-13/h4-7,13,16H,2-3,8-11H2,1H3,(H,17,18). The normalized spacial score (nSPS) is 19.1. The number of aryl methyl sites for hydroxylation is 1. The Hall–Kier alpha value is -1.39. The second-order valence-corrected chi connectivity index (χ2v) is 5.14. The number of rotatable bonds is 5. The molecule has 1 unspecified atom stereocenters. The van der Waals surface area contributed by atoms with Crippen molar-refractivity contribution in [2.45, 2.75) is 19.8 Å². The molecule has 2 N–H and O–H groups in total. The molecule has 0 radical (unpaired) electrons. The van der Waals surface area contributed by atoms with Crippen molar-refractivity contribution in [1.82, 2.24) is 5.32 Å². The van der Waals surface area contributed by atoms with Crippen LogP contribution in [0.4, 0.5) is 5.69 Å². The molecule has 0 aliphatic carbocycles. The lowest BCUT2D eigenvalue weighted by molar-refractivity contribution is -0.121. The molecule has 1 saturated heterocycles. The highest BCUT2D eigenvalue weighted by Crippen LogP contribution is 2.10. The molecule has 1 amide bonds. The van der Waals surface area contributed by atoms with E-state index in [1.165, 1.54) is 18.4 Å². The summed E-state index contributed by atoms with van der Waals surface area (Å²) in [5.74, 6) is 0.452. The van der Waals surface area contributed by atoms with Gasteiger partial charge in [-0.1, -0.05) is 17.7 Å². The van der Waals surface area contributed by atoms with Gasteiger partial charge in [-0.15, -0.1) is 0 Å². The SMILES string of the molecule is Cc1ccc(NC(=O)COCC2CCCNC2)cc1. The minimum absolute atomic E-state index is 0.0902. The predicted octanol–water partition coefficient (Wildman–Crippen LogP) is 1.95. The smallest absolute Gasteiger partial charge is 0.250 e. The van der Waals surface area contributed by atoms with Crippen molar-refractivity contribution < 1.29 is 9.53 Å². The van der Waals surface area contributed by atoms with Gasteiger partial charge in [-0.3, -0.25) is 4.79 Å². The monoisotopic (exact) mass is 262 g/mol. The summed E-state index contributed by atoms with van der Waals surface area (Å²) in [5.41, 5.74) is 2.00. The summed E-state index contributed by atoms with van der Waals surface area (Å²) < 4.78 is 5.48. The van der Waals surface area contributed by atoms with Crippen molar-refractivity contribution in [3.8, 4) is 0 Å². The first-order valence-electron chi connectivity index (χ1n) is 6.89. The Morgan fingerprint density at radius 3 is 2.89 bits per heavy atom. The zero-order valence-electron chi connectivity index (χ0n) is 11.4. The van der Waals surface area contributed by atoms with Gasteiger partial charge < -0.3 is 15.4 Å². The fourth-order valence-electron chi connectivity index (χ4n) is 2.22. The van der Waals surface area contributed by atoms with Crippen LogP contribution in [0.2, 0.25) is 0 Å². The molecule has 1 atom stereocenters. The number of ether oxygens (including phenoxy) is 1. The van der Waals surface area contributed by atoms with Crippen LogP contribution in [0, 0.1) is 12.8 Å². The third kappa shape index (κ3) is 5.01. The van der Waals surface area contributed by atoms with Crippen LogP contribution in [0.25, 0.3) is 0 Å². The van der Waals surface area contributed by atoms with Crippen LogP contribution >= 0.6 is 0 Å². The van der Waals surface area contributed by atoms with Crippen molar-refractivity contribution in [2.75, 3.05) is 31.6 Å². The van der Waals surface area contributed by atoms with Crippen LogP contribution < -0.4 is 10.6 Å². The lowest BCUT2D eigenvalue weighted by atomic mass is 10.0. The van der Waals surface area contributed by atoms with Crippen molar-refractivity contribution in [3.63, 3.8) is 0 Å². The third-order valence-electron chi connectivity index (χ3n) is 3.32. The number of amides is 1. The molecular formula is C15H22N2O2. The van der Waals surface area contributed by atoms with Gasteiger partial charge in [-0.25, -0.2) is 0 Å². The lowest BCUT2D eigenvalue weighted by Gasteiger charge is -2.22. The molecule has 19 heavy (non-hydrogen) atoms. The van der Waals surface area contributed by atoms with Crippen LogP contribution in [0.15, 0.2) is 24.3 Å². The summed E-state index contributed by atoms with van der Waals surface area (Å²) in [6.07, 6.45) is 2.39. The highest BCUT2D eigenvalue weighted by Gasteiger charge is 2.13. The fraction of sp³-hybridized carbons (Fsp3) is 0.533. The molecule has 1 aromatic rings. The highest BCUT2D eigenvalue weighted by atomic mass is 16.5. The van der Waals surface area contributed by atoms with Crippen LogP contribution in [0.1, 0.15) is 18.4 Å². The molecule has 2 rings (SSSR count). The van der Waals surface area contributed by atoms with Crippen molar-refractivity contribution >= 4 is 11.6 Å². The number of hydrogen-bond acceptors (Lipinski definition) is 3. The first-order chi connectivity index (χ1) is 9.24. The molecule has 0 bridgehead atoms. The summed E-state index contributed by atoms with van der Waals surface area (Å²) in [5, 5.41) is 6.16. The summed E-state index contributed by atoms with van der Waals surface area (Å²) in [4.78, 5) is 11.7. The van der Waals surface area contributed by atoms with Gasteiger partial charge in [0, 0.05) is 12.2 Å². The van der Waals surface area contributed by atoms with Gasteiger partial charge in [0.15, 0.2) is 0 Å². The average molecular weight is 262 g/mol.